The lowest BCUT2D eigenvalue weighted by atomic mass is 10.1. The summed E-state index contributed by atoms with van der Waals surface area (Å²) < 4.78 is 5.82. The first-order valence-corrected chi connectivity index (χ1v) is 9.75. The minimum atomic E-state index is -1.06. The van der Waals surface area contributed by atoms with E-state index in [-0.39, 0.29) is 9.90 Å². The molecule has 0 saturated carbocycles. The monoisotopic (exact) mass is 424 g/mol. The van der Waals surface area contributed by atoms with E-state index in [2.05, 4.69) is 4.98 Å². The van der Waals surface area contributed by atoms with Gasteiger partial charge in [-0.15, -0.1) is 22.7 Å². The van der Waals surface area contributed by atoms with E-state index in [0.717, 1.165) is 21.7 Å². The van der Waals surface area contributed by atoms with Crippen LogP contribution in [-0.2, 0) is 9.53 Å². The van der Waals surface area contributed by atoms with Crippen molar-refractivity contribution in [1.29, 1.82) is 5.26 Å². The molecular formula is C17H10Cl2N2O3S2. The van der Waals surface area contributed by atoms with Crippen molar-refractivity contribution in [2.45, 2.75) is 12.8 Å². The quantitative estimate of drug-likeness (QED) is 0.537. The summed E-state index contributed by atoms with van der Waals surface area (Å²) in [5.41, 5.74) is 0.728. The van der Waals surface area contributed by atoms with Crippen molar-refractivity contribution in [3.05, 3.63) is 49.2 Å². The Morgan fingerprint density at radius 1 is 1.38 bits per heavy atom. The molecule has 2 aromatic heterocycles. The van der Waals surface area contributed by atoms with Gasteiger partial charge in [0.2, 0.25) is 0 Å². The minimum Gasteiger partial charge on any atom is -0.453 e. The van der Waals surface area contributed by atoms with Gasteiger partial charge in [-0.25, -0.2) is 9.78 Å². The molecule has 3 rings (SSSR count). The maximum absolute atomic E-state index is 12.3. The molecular weight excluding hydrogens is 415 g/mol. The van der Waals surface area contributed by atoms with Crippen LogP contribution in [0.4, 0.5) is 0 Å². The molecule has 0 aliphatic carbocycles. The molecule has 2 heterocycles. The van der Waals surface area contributed by atoms with E-state index in [9.17, 15) is 14.9 Å². The number of Topliss-reactive ketones (excluding diaryl/α,β-unsaturated/α-hetero) is 1. The number of esters is 1. The highest BCUT2D eigenvalue weighted by Crippen LogP contribution is 2.37. The van der Waals surface area contributed by atoms with Gasteiger partial charge in [-0.2, -0.15) is 5.26 Å². The normalized spacial score (nSPS) is 11.9. The lowest BCUT2D eigenvalue weighted by Gasteiger charge is -2.06. The maximum atomic E-state index is 12.3. The van der Waals surface area contributed by atoms with E-state index in [1.54, 1.807) is 30.5 Å². The molecule has 0 spiro atoms. The third kappa shape index (κ3) is 3.74. The van der Waals surface area contributed by atoms with Crippen molar-refractivity contribution in [1.82, 2.24) is 4.98 Å². The zero-order valence-corrected chi connectivity index (χ0v) is 16.4. The number of thiophene rings is 1. The number of hydrogen-bond acceptors (Lipinski definition) is 7. The fraction of sp³-hybridized carbons (Fsp3) is 0.176. The van der Waals surface area contributed by atoms with Crippen LogP contribution in [0.5, 0.6) is 0 Å². The number of aryl methyl sites for hydroxylation is 1. The summed E-state index contributed by atoms with van der Waals surface area (Å²) in [6.45, 7) is 1.25. The number of halogens is 2. The summed E-state index contributed by atoms with van der Waals surface area (Å²) in [7, 11) is 0. The standard InChI is InChI=1S/C17H10Cl2N2O3S2/c1-8-7-25-16(21-8)11(5-20)12(22)6-24-17(23)15-14(19)10-3-2-9(18)4-13(10)26-15/h2-4,7,11H,6H2,1H3. The summed E-state index contributed by atoms with van der Waals surface area (Å²) >= 11 is 14.5. The van der Waals surface area contributed by atoms with Crippen LogP contribution in [0.3, 0.4) is 0 Å². The van der Waals surface area contributed by atoms with Crippen molar-refractivity contribution in [3.8, 4) is 6.07 Å². The highest BCUT2D eigenvalue weighted by molar-refractivity contribution is 7.21. The zero-order valence-electron chi connectivity index (χ0n) is 13.3. The molecule has 5 nitrogen and oxygen atoms in total. The summed E-state index contributed by atoms with van der Waals surface area (Å²) in [4.78, 5) is 28.9. The Bertz CT molecular complexity index is 1050. The van der Waals surface area contributed by atoms with Crippen molar-refractivity contribution in [3.63, 3.8) is 0 Å². The molecule has 1 unspecified atom stereocenters. The number of carbonyl (C=O) groups is 2. The van der Waals surface area contributed by atoms with Crippen molar-refractivity contribution in [2.24, 2.45) is 0 Å². The molecule has 132 valence electrons. The second kappa shape index (κ2) is 7.72. The van der Waals surface area contributed by atoms with Gasteiger partial charge in [0.25, 0.3) is 0 Å². The van der Waals surface area contributed by atoms with Crippen molar-refractivity contribution in [2.75, 3.05) is 6.61 Å². The van der Waals surface area contributed by atoms with Gasteiger partial charge in [-0.1, -0.05) is 29.3 Å². The van der Waals surface area contributed by atoms with E-state index in [0.29, 0.717) is 15.4 Å². The molecule has 0 N–H and O–H groups in total. The van der Waals surface area contributed by atoms with Crippen LogP contribution < -0.4 is 0 Å². The van der Waals surface area contributed by atoms with Gasteiger partial charge >= 0.3 is 5.97 Å². The predicted molar refractivity (Wildman–Crippen MR) is 102 cm³/mol. The number of benzene rings is 1. The average molecular weight is 425 g/mol. The Labute approximate surface area is 166 Å². The van der Waals surface area contributed by atoms with E-state index in [1.165, 1.54) is 11.3 Å². The first-order chi connectivity index (χ1) is 12.4. The van der Waals surface area contributed by atoms with Gasteiger partial charge < -0.3 is 4.74 Å². The average Bonchev–Trinajstić information content (AvgIpc) is 3.17. The Hall–Kier alpha value is -1.98. The number of nitrogens with zero attached hydrogens (tertiary/aromatic N) is 2. The van der Waals surface area contributed by atoms with Crippen LogP contribution in [0.25, 0.3) is 10.1 Å². The van der Waals surface area contributed by atoms with Crippen molar-refractivity contribution < 1.29 is 14.3 Å². The fourth-order valence-corrected chi connectivity index (χ4v) is 4.76. The molecule has 0 aliphatic rings. The predicted octanol–water partition coefficient (Wildman–Crippen LogP) is 5.01. The lowest BCUT2D eigenvalue weighted by Crippen LogP contribution is -2.19. The largest absolute Gasteiger partial charge is 0.453 e. The Balaban J connectivity index is 1.73. The van der Waals surface area contributed by atoms with Gasteiger partial charge in [0, 0.05) is 26.2 Å². The number of carbonyl (C=O) groups excluding carboxylic acids is 2. The molecule has 0 saturated heterocycles. The molecule has 0 amide bonds. The Morgan fingerprint density at radius 3 is 2.81 bits per heavy atom. The van der Waals surface area contributed by atoms with Crippen molar-refractivity contribution >= 4 is 67.7 Å². The highest BCUT2D eigenvalue weighted by atomic mass is 35.5. The lowest BCUT2D eigenvalue weighted by molar-refractivity contribution is -0.122. The van der Waals surface area contributed by atoms with Crippen LogP contribution in [0, 0.1) is 18.3 Å². The number of ketones is 1. The number of rotatable bonds is 5. The molecule has 1 atom stereocenters. The Morgan fingerprint density at radius 2 is 2.15 bits per heavy atom. The number of ether oxygens (including phenoxy) is 1. The maximum Gasteiger partial charge on any atom is 0.350 e. The molecule has 0 aliphatic heterocycles. The summed E-state index contributed by atoms with van der Waals surface area (Å²) in [6, 6.07) is 7.00. The van der Waals surface area contributed by atoms with Gasteiger partial charge in [0.15, 0.2) is 18.3 Å². The van der Waals surface area contributed by atoms with Crippen LogP contribution in [0.15, 0.2) is 23.6 Å². The van der Waals surface area contributed by atoms with E-state index in [4.69, 9.17) is 27.9 Å². The van der Waals surface area contributed by atoms with E-state index < -0.39 is 24.3 Å². The van der Waals surface area contributed by atoms with Crippen LogP contribution >= 0.6 is 45.9 Å². The number of hydrogen-bond donors (Lipinski definition) is 0. The number of aromatic nitrogens is 1. The summed E-state index contributed by atoms with van der Waals surface area (Å²) in [6.07, 6.45) is 0. The molecule has 0 radical (unpaired) electrons. The molecule has 0 bridgehead atoms. The molecule has 3 aromatic rings. The Kier molecular flexibility index (Phi) is 5.58. The van der Waals surface area contributed by atoms with Gasteiger partial charge in [0.05, 0.1) is 11.1 Å². The summed E-state index contributed by atoms with van der Waals surface area (Å²) in [5.74, 6) is -2.30. The van der Waals surface area contributed by atoms with Crippen LogP contribution in [-0.4, -0.2) is 23.3 Å². The topological polar surface area (TPSA) is 80.0 Å². The summed E-state index contributed by atoms with van der Waals surface area (Å²) in [5, 5.41) is 12.8. The number of thiazole rings is 1. The molecule has 0 fully saturated rings. The first kappa shape index (κ1) is 18.8. The minimum absolute atomic E-state index is 0.190. The van der Waals surface area contributed by atoms with Crippen LogP contribution in [0.1, 0.15) is 26.3 Å². The third-order valence-corrected chi connectivity index (χ3v) is 6.36. The molecule has 1 aromatic carbocycles. The van der Waals surface area contributed by atoms with E-state index in [1.807, 2.05) is 6.07 Å². The second-order valence-corrected chi connectivity index (χ2v) is 8.07. The number of nitriles is 1. The SMILES string of the molecule is Cc1csc(C(C#N)C(=O)COC(=O)c2sc3cc(Cl)ccc3c2Cl)n1. The third-order valence-electron chi connectivity index (χ3n) is 3.46. The van der Waals surface area contributed by atoms with Gasteiger partial charge in [-0.05, 0) is 19.1 Å². The number of fused-ring (bicyclic) bond motifs is 1. The smallest absolute Gasteiger partial charge is 0.350 e. The molecule has 9 heteroatoms. The second-order valence-electron chi connectivity index (χ2n) is 5.32. The first-order valence-electron chi connectivity index (χ1n) is 7.29. The fourth-order valence-electron chi connectivity index (χ4n) is 2.23. The highest BCUT2D eigenvalue weighted by Gasteiger charge is 2.26. The molecule has 26 heavy (non-hydrogen) atoms. The van der Waals surface area contributed by atoms with Crippen LogP contribution in [0.2, 0.25) is 10.0 Å². The van der Waals surface area contributed by atoms with E-state index >= 15 is 0 Å². The zero-order chi connectivity index (χ0) is 18.8. The van der Waals surface area contributed by atoms with Gasteiger partial charge in [-0.3, -0.25) is 4.79 Å². The van der Waals surface area contributed by atoms with Gasteiger partial charge in [0.1, 0.15) is 9.88 Å².